The molecule has 2 aliphatic rings. The summed E-state index contributed by atoms with van der Waals surface area (Å²) in [7, 11) is 0. The maximum atomic E-state index is 6.21. The average molecular weight is 844 g/mol. The fraction of sp³-hybridized carbons (Fsp3) is 0.0625. The first-order valence-corrected chi connectivity index (χ1v) is 23.0. The molecule has 2 heteroatoms. The van der Waals surface area contributed by atoms with Crippen LogP contribution in [-0.2, 0) is 10.8 Å². The molecule has 0 atom stereocenters. The van der Waals surface area contributed by atoms with Crippen LogP contribution in [0.4, 0.5) is 17.1 Å². The number of furan rings is 1. The summed E-state index contributed by atoms with van der Waals surface area (Å²) in [5, 5.41) is 2.26. The van der Waals surface area contributed by atoms with Crippen molar-refractivity contribution in [3.8, 4) is 44.5 Å². The van der Waals surface area contributed by atoms with E-state index in [0.717, 1.165) is 50.1 Å². The lowest BCUT2D eigenvalue weighted by Gasteiger charge is -2.34. The van der Waals surface area contributed by atoms with Crippen molar-refractivity contribution in [3.05, 3.63) is 270 Å². The van der Waals surface area contributed by atoms with Crippen LogP contribution < -0.4 is 4.90 Å². The summed E-state index contributed by atoms with van der Waals surface area (Å²) in [5.74, 6) is 0. The van der Waals surface area contributed by atoms with Gasteiger partial charge in [-0.3, -0.25) is 0 Å². The quantitative estimate of drug-likeness (QED) is 0.159. The van der Waals surface area contributed by atoms with Gasteiger partial charge in [0, 0.05) is 33.1 Å². The van der Waals surface area contributed by atoms with Gasteiger partial charge in [-0.15, -0.1) is 0 Å². The Balaban J connectivity index is 1.01. The van der Waals surface area contributed by atoms with Crippen LogP contribution in [0, 0.1) is 0 Å². The second-order valence-corrected chi connectivity index (χ2v) is 18.4. The van der Waals surface area contributed by atoms with E-state index < -0.39 is 5.41 Å². The predicted molar refractivity (Wildman–Crippen MR) is 274 cm³/mol. The van der Waals surface area contributed by atoms with E-state index in [9.17, 15) is 0 Å². The lowest BCUT2D eigenvalue weighted by molar-refractivity contribution is 0.660. The van der Waals surface area contributed by atoms with E-state index in [1.165, 1.54) is 66.8 Å². The van der Waals surface area contributed by atoms with Gasteiger partial charge in [0.25, 0.3) is 0 Å². The molecule has 2 aliphatic carbocycles. The Labute approximate surface area is 385 Å². The Hall–Kier alpha value is -8.20. The summed E-state index contributed by atoms with van der Waals surface area (Å²) in [6.45, 7) is 4.72. The van der Waals surface area contributed by atoms with Gasteiger partial charge in [-0.1, -0.05) is 196 Å². The van der Waals surface area contributed by atoms with Crippen LogP contribution in [0.25, 0.3) is 66.4 Å². The third kappa shape index (κ3) is 5.61. The fourth-order valence-electron chi connectivity index (χ4n) is 11.5. The summed E-state index contributed by atoms with van der Waals surface area (Å²) in [6.07, 6.45) is 0. The molecule has 1 heterocycles. The van der Waals surface area contributed by atoms with Crippen molar-refractivity contribution >= 4 is 39.0 Å². The van der Waals surface area contributed by atoms with Gasteiger partial charge in [0.2, 0.25) is 0 Å². The standard InChI is InChI=1S/C64H45NO/c1-63(2)55-26-12-9-23-50(55)51-37-33-45(41-58(51)63)43-17-15-22-49(39-43)65(48-35-31-42(32-36-48)44-34-38-61-54(40-44)52-24-11-14-30-60(52)66-61)59-29-16-28-57-62(59)53-25-10-13-27-56(53)64(57,46-18-5-3-6-19-46)47-20-7-4-8-21-47/h3-41H,1-2H3. The van der Waals surface area contributed by atoms with Crippen LogP contribution in [-0.4, -0.2) is 0 Å². The Morgan fingerprint density at radius 3 is 1.71 bits per heavy atom. The minimum Gasteiger partial charge on any atom is -0.456 e. The molecular weight excluding hydrogens is 799 g/mol. The van der Waals surface area contributed by atoms with Gasteiger partial charge in [-0.25, -0.2) is 0 Å². The zero-order valence-corrected chi connectivity index (χ0v) is 36.9. The van der Waals surface area contributed by atoms with Crippen LogP contribution in [0.15, 0.2) is 241 Å². The van der Waals surface area contributed by atoms with Crippen molar-refractivity contribution in [2.24, 2.45) is 0 Å². The second kappa shape index (κ2) is 14.7. The lowest BCUT2D eigenvalue weighted by Crippen LogP contribution is -2.28. The van der Waals surface area contributed by atoms with Crippen molar-refractivity contribution < 1.29 is 4.42 Å². The maximum absolute atomic E-state index is 6.21. The SMILES string of the molecule is CC1(C)c2ccccc2-c2ccc(-c3cccc(N(c4ccc(-c5ccc6oc7ccccc7c6c5)cc4)c4cccc5c4-c4ccccc4C5(c4ccccc4)c4ccccc4)c3)cc21. The lowest BCUT2D eigenvalue weighted by atomic mass is 9.68. The number of para-hydroxylation sites is 1. The molecule has 11 aromatic rings. The first-order valence-electron chi connectivity index (χ1n) is 23.0. The summed E-state index contributed by atoms with van der Waals surface area (Å²) in [4.78, 5) is 2.48. The monoisotopic (exact) mass is 843 g/mol. The van der Waals surface area contributed by atoms with Crippen molar-refractivity contribution in [3.63, 3.8) is 0 Å². The maximum Gasteiger partial charge on any atom is 0.135 e. The molecule has 0 saturated heterocycles. The van der Waals surface area contributed by atoms with Crippen molar-refractivity contribution in [1.29, 1.82) is 0 Å². The molecule has 0 aliphatic heterocycles. The summed E-state index contributed by atoms with van der Waals surface area (Å²) in [6, 6.07) is 87.1. The van der Waals surface area contributed by atoms with Gasteiger partial charge in [0.1, 0.15) is 11.2 Å². The minimum absolute atomic E-state index is 0.0927. The molecule has 0 radical (unpaired) electrons. The summed E-state index contributed by atoms with van der Waals surface area (Å²) in [5.41, 5.74) is 22.2. The summed E-state index contributed by atoms with van der Waals surface area (Å²) < 4.78 is 6.21. The number of anilines is 3. The molecular formula is C64H45NO. The highest BCUT2D eigenvalue weighted by molar-refractivity contribution is 6.06. The second-order valence-electron chi connectivity index (χ2n) is 18.4. The summed E-state index contributed by atoms with van der Waals surface area (Å²) >= 11 is 0. The smallest absolute Gasteiger partial charge is 0.135 e. The topological polar surface area (TPSA) is 16.4 Å². The zero-order valence-electron chi connectivity index (χ0n) is 36.9. The van der Waals surface area contributed by atoms with Crippen LogP contribution in [0.5, 0.6) is 0 Å². The van der Waals surface area contributed by atoms with E-state index in [-0.39, 0.29) is 5.41 Å². The van der Waals surface area contributed by atoms with Crippen molar-refractivity contribution in [2.45, 2.75) is 24.7 Å². The number of nitrogens with zero attached hydrogens (tertiary/aromatic N) is 1. The number of hydrogen-bond donors (Lipinski definition) is 0. The van der Waals surface area contributed by atoms with E-state index in [4.69, 9.17) is 4.42 Å². The number of benzene rings is 10. The van der Waals surface area contributed by atoms with Gasteiger partial charge in [0.15, 0.2) is 0 Å². The third-order valence-corrected chi connectivity index (χ3v) is 14.6. The van der Waals surface area contributed by atoms with Gasteiger partial charge >= 0.3 is 0 Å². The number of rotatable bonds is 7. The Morgan fingerprint density at radius 2 is 0.924 bits per heavy atom. The molecule has 0 N–H and O–H groups in total. The Morgan fingerprint density at radius 1 is 0.348 bits per heavy atom. The van der Waals surface area contributed by atoms with Crippen molar-refractivity contribution in [1.82, 2.24) is 0 Å². The highest BCUT2D eigenvalue weighted by Crippen LogP contribution is 2.60. The fourth-order valence-corrected chi connectivity index (χ4v) is 11.5. The van der Waals surface area contributed by atoms with E-state index in [2.05, 4.69) is 243 Å². The molecule has 0 unspecified atom stereocenters. The molecule has 1 aromatic heterocycles. The third-order valence-electron chi connectivity index (χ3n) is 14.6. The van der Waals surface area contributed by atoms with Crippen LogP contribution in [0.3, 0.4) is 0 Å². The first-order chi connectivity index (χ1) is 32.5. The Bertz CT molecular complexity index is 3630. The molecule has 13 rings (SSSR count). The van der Waals surface area contributed by atoms with E-state index in [1.54, 1.807) is 0 Å². The zero-order chi connectivity index (χ0) is 44.0. The molecule has 0 bridgehead atoms. The number of hydrogen-bond acceptors (Lipinski definition) is 2. The van der Waals surface area contributed by atoms with Gasteiger partial charge < -0.3 is 9.32 Å². The molecule has 0 spiro atoms. The van der Waals surface area contributed by atoms with Gasteiger partial charge in [-0.2, -0.15) is 0 Å². The average Bonchev–Trinajstić information content (AvgIpc) is 3.98. The molecule has 0 amide bonds. The predicted octanol–water partition coefficient (Wildman–Crippen LogP) is 17.1. The molecule has 312 valence electrons. The first kappa shape index (κ1) is 38.3. The molecule has 66 heavy (non-hydrogen) atoms. The minimum atomic E-state index is -0.521. The largest absolute Gasteiger partial charge is 0.456 e. The van der Waals surface area contributed by atoms with Crippen molar-refractivity contribution in [2.75, 3.05) is 4.90 Å². The molecule has 0 saturated carbocycles. The van der Waals surface area contributed by atoms with Crippen LogP contribution >= 0.6 is 0 Å². The van der Waals surface area contributed by atoms with Gasteiger partial charge in [0.05, 0.1) is 11.1 Å². The van der Waals surface area contributed by atoms with Gasteiger partial charge in [-0.05, 0) is 127 Å². The Kier molecular flexibility index (Phi) is 8.51. The highest BCUT2D eigenvalue weighted by atomic mass is 16.3. The van der Waals surface area contributed by atoms with E-state index >= 15 is 0 Å². The van der Waals surface area contributed by atoms with E-state index in [0.29, 0.717) is 0 Å². The molecule has 0 fully saturated rings. The molecule has 2 nitrogen and oxygen atoms in total. The van der Waals surface area contributed by atoms with E-state index in [1.807, 2.05) is 12.1 Å². The number of fused-ring (bicyclic) bond motifs is 9. The normalized spacial score (nSPS) is 13.8. The van der Waals surface area contributed by atoms with Crippen LogP contribution in [0.2, 0.25) is 0 Å². The highest BCUT2D eigenvalue weighted by Gasteiger charge is 2.47. The van der Waals surface area contributed by atoms with Crippen LogP contribution in [0.1, 0.15) is 47.2 Å². The molecule has 10 aromatic carbocycles.